The van der Waals surface area contributed by atoms with Crippen molar-refractivity contribution in [1.82, 2.24) is 0 Å². The van der Waals surface area contributed by atoms with Crippen LogP contribution < -0.4 is 0 Å². The van der Waals surface area contributed by atoms with Gasteiger partial charge < -0.3 is 5.11 Å². The summed E-state index contributed by atoms with van der Waals surface area (Å²) in [5, 5.41) is 9.64. The Morgan fingerprint density at radius 2 is 1.88 bits per heavy atom. The molecule has 2 aromatic carbocycles. The molecule has 0 fully saturated rings. The summed E-state index contributed by atoms with van der Waals surface area (Å²) in [6.45, 7) is -0.0271. The van der Waals surface area contributed by atoms with Crippen LogP contribution in [0.15, 0.2) is 56.7 Å². The minimum absolute atomic E-state index is 0.0271. The molecule has 0 aliphatic heterocycles. The lowest BCUT2D eigenvalue weighted by atomic mass is 10.2. The van der Waals surface area contributed by atoms with Gasteiger partial charge in [-0.1, -0.05) is 51.4 Å². The lowest BCUT2D eigenvalue weighted by Crippen LogP contribution is -1.84. The van der Waals surface area contributed by atoms with E-state index in [0.29, 0.717) is 5.02 Å². The number of aliphatic hydroxyl groups excluding tert-OH is 1. The van der Waals surface area contributed by atoms with E-state index < -0.39 is 0 Å². The molecule has 0 unspecified atom stereocenters. The summed E-state index contributed by atoms with van der Waals surface area (Å²) in [7, 11) is 0. The molecular formula is C13H10BrClOS. The zero-order valence-electron chi connectivity index (χ0n) is 8.86. The van der Waals surface area contributed by atoms with Gasteiger partial charge in [-0.2, -0.15) is 0 Å². The van der Waals surface area contributed by atoms with Crippen LogP contribution >= 0.6 is 39.3 Å². The molecule has 2 rings (SSSR count). The van der Waals surface area contributed by atoms with E-state index in [1.807, 2.05) is 36.4 Å². The van der Waals surface area contributed by atoms with Gasteiger partial charge in [0.1, 0.15) is 0 Å². The fourth-order valence-corrected chi connectivity index (χ4v) is 3.16. The van der Waals surface area contributed by atoms with Crippen molar-refractivity contribution < 1.29 is 5.11 Å². The molecule has 0 radical (unpaired) electrons. The Balaban J connectivity index is 2.22. The minimum Gasteiger partial charge on any atom is -0.392 e. The lowest BCUT2D eigenvalue weighted by molar-refractivity contribution is 0.282. The highest BCUT2D eigenvalue weighted by atomic mass is 79.9. The summed E-state index contributed by atoms with van der Waals surface area (Å²) < 4.78 is 1.06. The fourth-order valence-electron chi connectivity index (χ4n) is 1.39. The van der Waals surface area contributed by atoms with Crippen LogP contribution in [-0.4, -0.2) is 5.11 Å². The number of hydrogen-bond acceptors (Lipinski definition) is 2. The predicted octanol–water partition coefficient (Wildman–Crippen LogP) is 4.75. The zero-order chi connectivity index (χ0) is 12.3. The quantitative estimate of drug-likeness (QED) is 0.877. The van der Waals surface area contributed by atoms with Crippen molar-refractivity contribution in [2.24, 2.45) is 0 Å². The lowest BCUT2D eigenvalue weighted by Gasteiger charge is -2.05. The summed E-state index contributed by atoms with van der Waals surface area (Å²) in [6, 6.07) is 13.8. The zero-order valence-corrected chi connectivity index (χ0v) is 12.0. The standard InChI is InChI=1S/C13H10BrClOS/c14-10-2-1-3-11(6-10)17-12-5-4-9(8-16)13(15)7-12/h1-7,16H,8H2. The molecule has 0 aliphatic carbocycles. The van der Waals surface area contributed by atoms with Crippen molar-refractivity contribution in [1.29, 1.82) is 0 Å². The van der Waals surface area contributed by atoms with E-state index in [-0.39, 0.29) is 6.61 Å². The van der Waals surface area contributed by atoms with E-state index in [0.717, 1.165) is 19.8 Å². The highest BCUT2D eigenvalue weighted by Crippen LogP contribution is 2.32. The molecule has 0 saturated carbocycles. The van der Waals surface area contributed by atoms with Crippen molar-refractivity contribution in [2.75, 3.05) is 0 Å². The Kier molecular flexibility index (Phi) is 4.51. The summed E-state index contributed by atoms with van der Waals surface area (Å²) in [5.41, 5.74) is 0.755. The first-order chi connectivity index (χ1) is 8.19. The van der Waals surface area contributed by atoms with Gasteiger partial charge in [-0.25, -0.2) is 0 Å². The van der Waals surface area contributed by atoms with Crippen LogP contribution in [0, 0.1) is 0 Å². The number of hydrogen-bond donors (Lipinski definition) is 1. The van der Waals surface area contributed by atoms with E-state index in [1.165, 1.54) is 0 Å². The third-order valence-electron chi connectivity index (χ3n) is 2.23. The molecule has 0 aromatic heterocycles. The van der Waals surface area contributed by atoms with Crippen LogP contribution in [0.4, 0.5) is 0 Å². The second kappa shape index (κ2) is 5.91. The highest BCUT2D eigenvalue weighted by molar-refractivity contribution is 9.10. The Morgan fingerprint density at radius 1 is 1.12 bits per heavy atom. The van der Waals surface area contributed by atoms with E-state index >= 15 is 0 Å². The Labute approximate surface area is 118 Å². The molecule has 4 heteroatoms. The maximum atomic E-state index is 9.04. The largest absolute Gasteiger partial charge is 0.392 e. The number of aliphatic hydroxyl groups is 1. The third kappa shape index (κ3) is 3.49. The van der Waals surface area contributed by atoms with Gasteiger partial charge >= 0.3 is 0 Å². The molecule has 1 nitrogen and oxygen atoms in total. The van der Waals surface area contributed by atoms with Crippen LogP contribution in [0.3, 0.4) is 0 Å². The normalized spacial score (nSPS) is 10.5. The van der Waals surface area contributed by atoms with E-state index in [9.17, 15) is 0 Å². The van der Waals surface area contributed by atoms with Gasteiger partial charge in [0.2, 0.25) is 0 Å². The van der Waals surface area contributed by atoms with Crippen LogP contribution in [0.2, 0.25) is 5.02 Å². The fraction of sp³-hybridized carbons (Fsp3) is 0.0769. The molecular weight excluding hydrogens is 320 g/mol. The average Bonchev–Trinajstić information content (AvgIpc) is 2.29. The van der Waals surface area contributed by atoms with Crippen molar-refractivity contribution in [3.63, 3.8) is 0 Å². The maximum absolute atomic E-state index is 9.04. The van der Waals surface area contributed by atoms with Crippen LogP contribution in [0.25, 0.3) is 0 Å². The summed E-state index contributed by atoms with van der Waals surface area (Å²) in [5.74, 6) is 0. The molecule has 17 heavy (non-hydrogen) atoms. The van der Waals surface area contributed by atoms with Crippen molar-refractivity contribution in [3.05, 3.63) is 57.5 Å². The number of benzene rings is 2. The molecule has 0 aliphatic rings. The monoisotopic (exact) mass is 328 g/mol. The van der Waals surface area contributed by atoms with E-state index in [2.05, 4.69) is 22.0 Å². The van der Waals surface area contributed by atoms with Crippen LogP contribution in [0.1, 0.15) is 5.56 Å². The molecule has 88 valence electrons. The topological polar surface area (TPSA) is 20.2 Å². The average molecular weight is 330 g/mol. The van der Waals surface area contributed by atoms with E-state index in [1.54, 1.807) is 11.8 Å². The SMILES string of the molecule is OCc1ccc(Sc2cccc(Br)c2)cc1Cl. The maximum Gasteiger partial charge on any atom is 0.0696 e. The molecule has 0 saturated heterocycles. The summed E-state index contributed by atoms with van der Waals surface area (Å²) in [6.07, 6.45) is 0. The van der Waals surface area contributed by atoms with E-state index in [4.69, 9.17) is 16.7 Å². The minimum atomic E-state index is -0.0271. The highest BCUT2D eigenvalue weighted by Gasteiger charge is 2.03. The van der Waals surface area contributed by atoms with Gasteiger partial charge in [-0.15, -0.1) is 0 Å². The Bertz CT molecular complexity index is 531. The Morgan fingerprint density at radius 3 is 2.53 bits per heavy atom. The van der Waals surface area contributed by atoms with Gasteiger partial charge in [0.15, 0.2) is 0 Å². The van der Waals surface area contributed by atoms with Crippen LogP contribution in [0.5, 0.6) is 0 Å². The van der Waals surface area contributed by atoms with Gasteiger partial charge in [-0.05, 0) is 35.9 Å². The first-order valence-electron chi connectivity index (χ1n) is 5.02. The summed E-state index contributed by atoms with van der Waals surface area (Å²) >= 11 is 11.1. The van der Waals surface area contributed by atoms with Gasteiger partial charge in [0, 0.05) is 19.3 Å². The van der Waals surface area contributed by atoms with Crippen molar-refractivity contribution >= 4 is 39.3 Å². The molecule has 0 amide bonds. The number of halogens is 2. The summed E-state index contributed by atoms with van der Waals surface area (Å²) in [4.78, 5) is 2.21. The number of rotatable bonds is 3. The molecule has 0 heterocycles. The third-order valence-corrected chi connectivity index (χ3v) is 4.05. The molecule has 2 aromatic rings. The second-order valence-electron chi connectivity index (χ2n) is 3.47. The predicted molar refractivity (Wildman–Crippen MR) is 75.6 cm³/mol. The van der Waals surface area contributed by atoms with Gasteiger partial charge in [0.05, 0.1) is 6.61 Å². The molecule has 1 N–H and O–H groups in total. The molecule has 0 spiro atoms. The van der Waals surface area contributed by atoms with Crippen LogP contribution in [-0.2, 0) is 6.61 Å². The van der Waals surface area contributed by atoms with Gasteiger partial charge in [-0.3, -0.25) is 0 Å². The first-order valence-corrected chi connectivity index (χ1v) is 7.00. The second-order valence-corrected chi connectivity index (χ2v) is 5.94. The Hall–Kier alpha value is -0.480. The van der Waals surface area contributed by atoms with Gasteiger partial charge in [0.25, 0.3) is 0 Å². The smallest absolute Gasteiger partial charge is 0.0696 e. The first kappa shape index (κ1) is 13.0. The van der Waals surface area contributed by atoms with Crippen molar-refractivity contribution in [2.45, 2.75) is 16.4 Å². The molecule has 0 bridgehead atoms. The molecule has 0 atom stereocenters. The van der Waals surface area contributed by atoms with Crippen molar-refractivity contribution in [3.8, 4) is 0 Å².